The van der Waals surface area contributed by atoms with E-state index in [9.17, 15) is 21.6 Å². The van der Waals surface area contributed by atoms with Crippen LogP contribution in [-0.4, -0.2) is 41.3 Å². The van der Waals surface area contributed by atoms with Crippen LogP contribution in [0.2, 0.25) is 0 Å². The van der Waals surface area contributed by atoms with E-state index < -0.39 is 32.0 Å². The van der Waals surface area contributed by atoms with Crippen LogP contribution in [-0.2, 0) is 31.3 Å². The van der Waals surface area contributed by atoms with Gasteiger partial charge >= 0.3 is 0 Å². The highest BCUT2D eigenvalue weighted by atomic mass is 32.2. The molecule has 0 bridgehead atoms. The first-order valence-electron chi connectivity index (χ1n) is 10.3. The molecule has 3 aromatic rings. The Morgan fingerprint density at radius 3 is 2.26 bits per heavy atom. The molecule has 0 aliphatic rings. The number of nitrogens with two attached hydrogens (primary N) is 3. The lowest BCUT2D eigenvalue weighted by atomic mass is 10.0. The molecule has 0 radical (unpaired) electrons. The minimum absolute atomic E-state index is 0.0637. The quantitative estimate of drug-likeness (QED) is 0.229. The van der Waals surface area contributed by atoms with Crippen molar-refractivity contribution in [2.45, 2.75) is 17.4 Å². The Hall–Kier alpha value is -3.58. The molecule has 0 aromatic heterocycles. The summed E-state index contributed by atoms with van der Waals surface area (Å²) in [5, 5.41) is 8.76. The molecule has 0 heterocycles. The fraction of sp³-hybridized carbons (Fsp3) is 0.130. The number of primary sulfonamides is 1. The largest absolute Gasteiger partial charge is 0.323 e. The zero-order chi connectivity index (χ0) is 25.8. The van der Waals surface area contributed by atoms with Crippen molar-refractivity contribution in [2.75, 3.05) is 10.6 Å². The van der Waals surface area contributed by atoms with E-state index in [0.717, 1.165) is 6.26 Å². The lowest BCUT2D eigenvalue weighted by Gasteiger charge is -2.24. The number of amides is 1. The summed E-state index contributed by atoms with van der Waals surface area (Å²) < 4.78 is 49.5. The summed E-state index contributed by atoms with van der Waals surface area (Å²) in [6, 6.07) is 17.8. The number of anilines is 1. The van der Waals surface area contributed by atoms with Crippen LogP contribution in [0.5, 0.6) is 0 Å². The molecule has 1 amide bonds. The Kier molecular flexibility index (Phi) is 7.70. The number of hydrogen-bond donors (Lipinski definition) is 3. The van der Waals surface area contributed by atoms with Crippen molar-refractivity contribution >= 4 is 37.9 Å². The number of hydrogen-bond acceptors (Lipinski definition) is 8. The summed E-state index contributed by atoms with van der Waals surface area (Å²) >= 11 is 0. The first-order chi connectivity index (χ1) is 16.4. The van der Waals surface area contributed by atoms with Crippen molar-refractivity contribution in [3.8, 4) is 11.1 Å². The standard InChI is InChI=1S/C23H25N5O5S2/c1-34(30,31)28(23(29)21(24)14-16-5-4-6-17(13-16)15-27-25)19-11-9-18(10-12-19)20-7-2-3-8-22(20)35(26,32)33/h2-13,15,21H,14,24-25H2,1H3,(H2,26,32,33)/t21-/m0/s1. The molecule has 184 valence electrons. The average Bonchev–Trinajstić information content (AvgIpc) is 2.78. The maximum absolute atomic E-state index is 13.1. The Morgan fingerprint density at radius 1 is 1.00 bits per heavy atom. The van der Waals surface area contributed by atoms with Gasteiger partial charge < -0.3 is 11.6 Å². The molecule has 0 saturated heterocycles. The summed E-state index contributed by atoms with van der Waals surface area (Å²) in [6.45, 7) is 0. The Balaban J connectivity index is 1.92. The first kappa shape index (κ1) is 26.0. The third kappa shape index (κ3) is 6.31. The van der Waals surface area contributed by atoms with E-state index in [1.165, 1.54) is 36.5 Å². The van der Waals surface area contributed by atoms with Crippen LogP contribution in [0.1, 0.15) is 11.1 Å². The fourth-order valence-electron chi connectivity index (χ4n) is 3.59. The maximum atomic E-state index is 13.1. The fourth-order valence-corrected chi connectivity index (χ4v) is 5.32. The number of carbonyl (C=O) groups is 1. The second-order valence-electron chi connectivity index (χ2n) is 7.79. The van der Waals surface area contributed by atoms with Gasteiger partial charge in [-0.15, -0.1) is 0 Å². The summed E-state index contributed by atoms with van der Waals surface area (Å²) in [6.07, 6.45) is 2.42. The van der Waals surface area contributed by atoms with Crippen LogP contribution >= 0.6 is 0 Å². The van der Waals surface area contributed by atoms with Gasteiger partial charge in [0.1, 0.15) is 0 Å². The lowest BCUT2D eigenvalue weighted by molar-refractivity contribution is -0.118. The molecule has 10 nitrogen and oxygen atoms in total. The van der Waals surface area contributed by atoms with Crippen molar-refractivity contribution in [2.24, 2.45) is 21.8 Å². The van der Waals surface area contributed by atoms with Gasteiger partial charge in [-0.05, 0) is 41.3 Å². The number of carbonyl (C=O) groups excluding carboxylic acids is 1. The van der Waals surface area contributed by atoms with E-state index in [2.05, 4.69) is 5.10 Å². The predicted molar refractivity (Wildman–Crippen MR) is 135 cm³/mol. The highest BCUT2D eigenvalue weighted by molar-refractivity contribution is 7.92. The zero-order valence-corrected chi connectivity index (χ0v) is 20.4. The van der Waals surface area contributed by atoms with Crippen LogP contribution in [0, 0.1) is 0 Å². The van der Waals surface area contributed by atoms with Gasteiger partial charge in [-0.2, -0.15) is 5.10 Å². The monoisotopic (exact) mass is 515 g/mol. The molecule has 35 heavy (non-hydrogen) atoms. The van der Waals surface area contributed by atoms with E-state index >= 15 is 0 Å². The second-order valence-corrected chi connectivity index (χ2v) is 11.1. The van der Waals surface area contributed by atoms with E-state index in [-0.39, 0.29) is 17.0 Å². The van der Waals surface area contributed by atoms with Crippen LogP contribution in [0.15, 0.2) is 82.8 Å². The highest BCUT2D eigenvalue weighted by Crippen LogP contribution is 2.29. The molecule has 3 rings (SSSR count). The van der Waals surface area contributed by atoms with E-state index in [4.69, 9.17) is 16.7 Å². The van der Waals surface area contributed by atoms with Gasteiger partial charge in [-0.25, -0.2) is 26.3 Å². The summed E-state index contributed by atoms with van der Waals surface area (Å²) in [7, 11) is -8.01. The van der Waals surface area contributed by atoms with Crippen LogP contribution in [0.3, 0.4) is 0 Å². The van der Waals surface area contributed by atoms with Gasteiger partial charge in [0, 0.05) is 5.56 Å². The smallest absolute Gasteiger partial charge is 0.257 e. The number of sulfonamides is 2. The molecule has 1 atom stereocenters. The molecular weight excluding hydrogens is 490 g/mol. The zero-order valence-electron chi connectivity index (χ0n) is 18.8. The SMILES string of the molecule is CS(=O)(=O)N(C(=O)[C@@H](N)Cc1cccc(C=NN)c1)c1ccc(-c2ccccc2S(N)(=O)=O)cc1. The topological polar surface area (TPSA) is 179 Å². The normalized spacial score (nSPS) is 13.0. The Morgan fingerprint density at radius 2 is 1.66 bits per heavy atom. The average molecular weight is 516 g/mol. The number of nitrogens with zero attached hydrogens (tertiary/aromatic N) is 2. The van der Waals surface area contributed by atoms with Gasteiger partial charge in [0.15, 0.2) is 0 Å². The minimum Gasteiger partial charge on any atom is -0.323 e. The van der Waals surface area contributed by atoms with Crippen molar-refractivity contribution in [3.05, 3.63) is 83.9 Å². The van der Waals surface area contributed by atoms with Gasteiger partial charge in [-0.3, -0.25) is 4.79 Å². The lowest BCUT2D eigenvalue weighted by Crippen LogP contribution is -2.47. The molecule has 6 N–H and O–H groups in total. The van der Waals surface area contributed by atoms with Crippen LogP contribution < -0.4 is 21.0 Å². The van der Waals surface area contributed by atoms with Crippen molar-refractivity contribution in [1.29, 1.82) is 0 Å². The van der Waals surface area contributed by atoms with Gasteiger partial charge in [0.25, 0.3) is 5.91 Å². The van der Waals surface area contributed by atoms with Gasteiger partial charge in [-0.1, -0.05) is 54.6 Å². The summed E-state index contributed by atoms with van der Waals surface area (Å²) in [5.74, 6) is 4.35. The summed E-state index contributed by atoms with van der Waals surface area (Å²) in [4.78, 5) is 13.0. The third-order valence-electron chi connectivity index (χ3n) is 5.09. The molecule has 0 aliphatic heterocycles. The molecule has 0 unspecified atom stereocenters. The molecule has 0 spiro atoms. The van der Waals surface area contributed by atoms with Crippen LogP contribution in [0.4, 0.5) is 5.69 Å². The third-order valence-corrected chi connectivity index (χ3v) is 7.11. The number of rotatable bonds is 8. The summed E-state index contributed by atoms with van der Waals surface area (Å²) in [5.41, 5.74) is 8.39. The van der Waals surface area contributed by atoms with Crippen molar-refractivity contribution in [1.82, 2.24) is 0 Å². The Labute approximate surface area is 204 Å². The Bertz CT molecular complexity index is 1470. The number of hydrazone groups is 1. The number of benzene rings is 3. The highest BCUT2D eigenvalue weighted by Gasteiger charge is 2.30. The second kappa shape index (κ2) is 10.4. The molecule has 3 aromatic carbocycles. The minimum atomic E-state index is -4.03. The molecular formula is C23H25N5O5S2. The molecule has 12 heteroatoms. The molecule has 0 saturated carbocycles. The van der Waals surface area contributed by atoms with Crippen LogP contribution in [0.25, 0.3) is 11.1 Å². The van der Waals surface area contributed by atoms with E-state index in [0.29, 0.717) is 26.6 Å². The van der Waals surface area contributed by atoms with Crippen molar-refractivity contribution in [3.63, 3.8) is 0 Å². The molecule has 0 fully saturated rings. The van der Waals surface area contributed by atoms with E-state index in [1.807, 2.05) is 0 Å². The first-order valence-corrected chi connectivity index (χ1v) is 13.7. The van der Waals surface area contributed by atoms with E-state index in [1.54, 1.807) is 42.5 Å². The van der Waals surface area contributed by atoms with Gasteiger partial charge in [0.2, 0.25) is 20.0 Å². The van der Waals surface area contributed by atoms with Gasteiger partial charge in [0.05, 0.1) is 29.1 Å². The van der Waals surface area contributed by atoms with Crippen molar-refractivity contribution < 1.29 is 21.6 Å². The molecule has 0 aliphatic carbocycles. The maximum Gasteiger partial charge on any atom is 0.257 e. The predicted octanol–water partition coefficient (Wildman–Crippen LogP) is 1.16.